The Morgan fingerprint density at radius 3 is 2.83 bits per heavy atom. The van der Waals surface area contributed by atoms with Crippen LogP contribution in [0.25, 0.3) is 0 Å². The molecule has 0 fully saturated rings. The molecule has 0 aliphatic rings. The van der Waals surface area contributed by atoms with Gasteiger partial charge in [0.2, 0.25) is 0 Å². The van der Waals surface area contributed by atoms with Crippen molar-refractivity contribution in [3.05, 3.63) is 52.3 Å². The van der Waals surface area contributed by atoms with E-state index in [1.165, 1.54) is 0 Å². The minimum absolute atomic E-state index is 0.565. The number of aromatic nitrogens is 1. The van der Waals surface area contributed by atoms with Crippen LogP contribution in [0.2, 0.25) is 10.0 Å². The molecule has 1 aromatic heterocycles. The van der Waals surface area contributed by atoms with Crippen LogP contribution in [-0.4, -0.2) is 12.1 Å². The lowest BCUT2D eigenvalue weighted by atomic mass is 10.2. The van der Waals surface area contributed by atoms with E-state index < -0.39 is 0 Å². The number of benzene rings is 1. The Bertz CT molecular complexity index is 546. The summed E-state index contributed by atoms with van der Waals surface area (Å²) in [5.41, 5.74) is 1.74. The minimum Gasteiger partial charge on any atom is -0.496 e. The largest absolute Gasteiger partial charge is 0.496 e. The van der Waals surface area contributed by atoms with E-state index >= 15 is 0 Å². The monoisotopic (exact) mass is 282 g/mol. The van der Waals surface area contributed by atoms with Crippen LogP contribution >= 0.6 is 23.2 Å². The van der Waals surface area contributed by atoms with Gasteiger partial charge < -0.3 is 10.1 Å². The number of nitrogens with zero attached hydrogens (tertiary/aromatic N) is 1. The molecule has 1 aromatic carbocycles. The summed E-state index contributed by atoms with van der Waals surface area (Å²) in [5.74, 6) is 0.784. The number of rotatable bonds is 4. The molecule has 0 saturated heterocycles. The number of nitrogens with one attached hydrogen (secondary N) is 1. The van der Waals surface area contributed by atoms with Crippen molar-refractivity contribution in [3.8, 4) is 5.75 Å². The maximum absolute atomic E-state index is 6.04. The van der Waals surface area contributed by atoms with Gasteiger partial charge in [0.15, 0.2) is 0 Å². The summed E-state index contributed by atoms with van der Waals surface area (Å²) >= 11 is 12.0. The summed E-state index contributed by atoms with van der Waals surface area (Å²) in [7, 11) is 1.63. The van der Waals surface area contributed by atoms with Gasteiger partial charge in [0.05, 0.1) is 24.0 Å². The van der Waals surface area contributed by atoms with Gasteiger partial charge in [0, 0.05) is 23.3 Å². The third-order valence-electron chi connectivity index (χ3n) is 2.48. The van der Waals surface area contributed by atoms with Gasteiger partial charge in [-0.25, -0.2) is 0 Å². The van der Waals surface area contributed by atoms with Gasteiger partial charge >= 0.3 is 0 Å². The summed E-state index contributed by atoms with van der Waals surface area (Å²) in [5, 5.41) is 4.50. The van der Waals surface area contributed by atoms with Gasteiger partial charge in [-0.15, -0.1) is 0 Å². The lowest BCUT2D eigenvalue weighted by Crippen LogP contribution is -2.02. The number of halogens is 2. The molecule has 94 valence electrons. The third kappa shape index (κ3) is 3.06. The van der Waals surface area contributed by atoms with Crippen molar-refractivity contribution in [1.82, 2.24) is 4.98 Å². The van der Waals surface area contributed by atoms with Crippen LogP contribution in [0, 0.1) is 0 Å². The van der Waals surface area contributed by atoms with Crippen LogP contribution in [-0.2, 0) is 6.54 Å². The predicted molar refractivity (Wildman–Crippen MR) is 74.6 cm³/mol. The zero-order valence-corrected chi connectivity index (χ0v) is 11.3. The van der Waals surface area contributed by atoms with E-state index in [9.17, 15) is 0 Å². The van der Waals surface area contributed by atoms with E-state index in [2.05, 4.69) is 10.3 Å². The van der Waals surface area contributed by atoms with Crippen molar-refractivity contribution in [1.29, 1.82) is 0 Å². The first-order valence-corrected chi connectivity index (χ1v) is 6.12. The highest BCUT2D eigenvalue weighted by Crippen LogP contribution is 2.25. The molecule has 3 nitrogen and oxygen atoms in total. The van der Waals surface area contributed by atoms with Crippen LogP contribution in [0.3, 0.4) is 0 Å². The summed E-state index contributed by atoms with van der Waals surface area (Å²) in [6.07, 6.45) is 3.33. The molecule has 0 atom stereocenters. The zero-order chi connectivity index (χ0) is 13.0. The Balaban J connectivity index is 2.15. The second kappa shape index (κ2) is 5.94. The molecule has 18 heavy (non-hydrogen) atoms. The van der Waals surface area contributed by atoms with Crippen molar-refractivity contribution >= 4 is 28.9 Å². The van der Waals surface area contributed by atoms with Crippen LogP contribution in [0.4, 0.5) is 5.69 Å². The van der Waals surface area contributed by atoms with Crippen molar-refractivity contribution in [3.63, 3.8) is 0 Å². The van der Waals surface area contributed by atoms with Gasteiger partial charge in [-0.2, -0.15) is 0 Å². The van der Waals surface area contributed by atoms with E-state index in [1.807, 2.05) is 12.1 Å². The number of anilines is 1. The summed E-state index contributed by atoms with van der Waals surface area (Å²) in [6, 6.07) is 7.22. The molecule has 0 unspecified atom stereocenters. The van der Waals surface area contributed by atoms with Crippen molar-refractivity contribution < 1.29 is 4.74 Å². The molecule has 0 spiro atoms. The van der Waals surface area contributed by atoms with Gasteiger partial charge in [0.25, 0.3) is 0 Å². The molecular weight excluding hydrogens is 271 g/mol. The fourth-order valence-electron chi connectivity index (χ4n) is 1.58. The van der Waals surface area contributed by atoms with Crippen LogP contribution in [0.15, 0.2) is 36.7 Å². The highest BCUT2D eigenvalue weighted by molar-refractivity contribution is 6.33. The van der Waals surface area contributed by atoms with E-state index in [4.69, 9.17) is 27.9 Å². The molecule has 2 rings (SSSR count). The third-order valence-corrected chi connectivity index (χ3v) is 3.04. The molecule has 0 saturated carbocycles. The number of ether oxygens (including phenoxy) is 1. The van der Waals surface area contributed by atoms with E-state index in [-0.39, 0.29) is 0 Å². The van der Waals surface area contributed by atoms with Crippen LogP contribution in [0.5, 0.6) is 5.75 Å². The van der Waals surface area contributed by atoms with Gasteiger partial charge in [-0.3, -0.25) is 4.98 Å². The maximum Gasteiger partial charge on any atom is 0.123 e. The van der Waals surface area contributed by atoms with Gasteiger partial charge in [0.1, 0.15) is 5.75 Å². The van der Waals surface area contributed by atoms with E-state index in [1.54, 1.807) is 31.6 Å². The summed E-state index contributed by atoms with van der Waals surface area (Å²) < 4.78 is 5.27. The fraction of sp³-hybridized carbons (Fsp3) is 0.154. The topological polar surface area (TPSA) is 34.1 Å². The van der Waals surface area contributed by atoms with Crippen LogP contribution in [0.1, 0.15) is 5.56 Å². The molecule has 5 heteroatoms. The Morgan fingerprint density at radius 2 is 2.11 bits per heavy atom. The predicted octanol–water partition coefficient (Wildman–Crippen LogP) is 4.01. The second-order valence-corrected chi connectivity index (χ2v) is 4.51. The first-order valence-electron chi connectivity index (χ1n) is 5.36. The molecule has 0 aliphatic carbocycles. The van der Waals surface area contributed by atoms with Crippen molar-refractivity contribution in [2.45, 2.75) is 6.54 Å². The first kappa shape index (κ1) is 13.0. The Labute approximate surface area is 116 Å². The molecule has 1 N–H and O–H groups in total. The average Bonchev–Trinajstić information content (AvgIpc) is 2.38. The number of pyridine rings is 1. The van der Waals surface area contributed by atoms with Crippen molar-refractivity contribution in [2.75, 3.05) is 12.4 Å². The Kier molecular flexibility index (Phi) is 4.28. The smallest absolute Gasteiger partial charge is 0.123 e. The standard InChI is InChI=1S/C13H12Cl2N2O/c1-18-13-3-2-10(14)6-9(13)7-17-12-8-16-5-4-11(12)15/h2-6,8,17H,7H2,1H3. The van der Waals surface area contributed by atoms with Crippen LogP contribution < -0.4 is 10.1 Å². The molecule has 0 amide bonds. The molecule has 2 aromatic rings. The normalized spacial score (nSPS) is 10.2. The highest BCUT2D eigenvalue weighted by atomic mass is 35.5. The highest BCUT2D eigenvalue weighted by Gasteiger charge is 2.05. The maximum atomic E-state index is 6.04. The zero-order valence-electron chi connectivity index (χ0n) is 9.78. The first-order chi connectivity index (χ1) is 8.70. The fourth-order valence-corrected chi connectivity index (χ4v) is 1.95. The summed E-state index contributed by atoms with van der Waals surface area (Å²) in [4.78, 5) is 4.01. The number of methoxy groups -OCH3 is 1. The van der Waals surface area contributed by atoms with Gasteiger partial charge in [-0.1, -0.05) is 23.2 Å². The molecule has 0 bridgehead atoms. The molecule has 0 aliphatic heterocycles. The molecular formula is C13H12Cl2N2O. The van der Waals surface area contributed by atoms with Crippen molar-refractivity contribution in [2.24, 2.45) is 0 Å². The van der Waals surface area contributed by atoms with E-state index in [0.29, 0.717) is 16.6 Å². The number of hydrogen-bond donors (Lipinski definition) is 1. The quantitative estimate of drug-likeness (QED) is 0.920. The number of hydrogen-bond acceptors (Lipinski definition) is 3. The summed E-state index contributed by atoms with van der Waals surface area (Å²) in [6.45, 7) is 0.565. The Hall–Kier alpha value is -1.45. The average molecular weight is 283 g/mol. The lowest BCUT2D eigenvalue weighted by Gasteiger charge is -2.11. The SMILES string of the molecule is COc1ccc(Cl)cc1CNc1cnccc1Cl. The lowest BCUT2D eigenvalue weighted by molar-refractivity contribution is 0.410. The second-order valence-electron chi connectivity index (χ2n) is 3.67. The van der Waals surface area contributed by atoms with Gasteiger partial charge in [-0.05, 0) is 24.3 Å². The van der Waals surface area contributed by atoms with E-state index in [0.717, 1.165) is 17.0 Å². The minimum atomic E-state index is 0.565. The Morgan fingerprint density at radius 1 is 1.28 bits per heavy atom. The molecule has 0 radical (unpaired) electrons. The molecule has 1 heterocycles.